The van der Waals surface area contributed by atoms with Gasteiger partial charge in [-0.2, -0.15) is 5.10 Å². The third-order valence-electron chi connectivity index (χ3n) is 1.88. The Morgan fingerprint density at radius 3 is 3.00 bits per heavy atom. The van der Waals surface area contributed by atoms with E-state index in [2.05, 4.69) is 5.10 Å². The fraction of sp³-hybridized carbons (Fsp3) is 0.571. The van der Waals surface area contributed by atoms with Crippen LogP contribution in [0.4, 0.5) is 8.78 Å². The van der Waals surface area contributed by atoms with Gasteiger partial charge in [-0.15, -0.1) is 12.4 Å². The molecule has 0 fully saturated rings. The molecule has 14 heavy (non-hydrogen) atoms. The standard InChI is InChI=1S/C7H9F2N3O.ClH/c8-7(9)3-12-6(13-4-7)5(1-10)2-11-12;/h2H,1,3-4,10H2;1H. The molecule has 0 bridgehead atoms. The molecule has 0 spiro atoms. The number of rotatable bonds is 1. The first kappa shape index (κ1) is 11.2. The zero-order valence-corrected chi connectivity index (χ0v) is 8.06. The highest BCUT2D eigenvalue weighted by atomic mass is 35.5. The molecule has 1 aromatic heterocycles. The van der Waals surface area contributed by atoms with E-state index in [1.807, 2.05) is 0 Å². The summed E-state index contributed by atoms with van der Waals surface area (Å²) in [6, 6.07) is 0. The van der Waals surface area contributed by atoms with Crippen molar-refractivity contribution in [2.75, 3.05) is 6.61 Å². The lowest BCUT2D eigenvalue weighted by Gasteiger charge is -2.23. The van der Waals surface area contributed by atoms with Crippen LogP contribution in [-0.2, 0) is 13.1 Å². The first-order valence-corrected chi connectivity index (χ1v) is 3.88. The summed E-state index contributed by atoms with van der Waals surface area (Å²) in [6.45, 7) is -0.769. The van der Waals surface area contributed by atoms with Crippen LogP contribution in [0.15, 0.2) is 6.20 Å². The van der Waals surface area contributed by atoms with Crippen molar-refractivity contribution in [2.45, 2.75) is 19.0 Å². The summed E-state index contributed by atoms with van der Waals surface area (Å²) in [7, 11) is 0. The van der Waals surface area contributed by atoms with Crippen molar-refractivity contribution in [3.8, 4) is 5.88 Å². The number of nitrogens with two attached hydrogens (primary N) is 1. The minimum Gasteiger partial charge on any atom is -0.471 e. The summed E-state index contributed by atoms with van der Waals surface area (Å²) in [4.78, 5) is 0. The molecule has 2 N–H and O–H groups in total. The van der Waals surface area contributed by atoms with Crippen LogP contribution in [0, 0.1) is 0 Å². The number of hydrogen-bond donors (Lipinski definition) is 1. The van der Waals surface area contributed by atoms with E-state index < -0.39 is 19.1 Å². The Bertz CT molecular complexity index is 329. The van der Waals surface area contributed by atoms with Gasteiger partial charge in [0.25, 0.3) is 0 Å². The molecule has 0 unspecified atom stereocenters. The Hall–Kier alpha value is -0.880. The number of fused-ring (bicyclic) bond motifs is 1. The molecule has 1 aliphatic heterocycles. The second-order valence-electron chi connectivity index (χ2n) is 2.98. The third kappa shape index (κ3) is 1.80. The van der Waals surface area contributed by atoms with Gasteiger partial charge in [0.1, 0.15) is 6.54 Å². The van der Waals surface area contributed by atoms with E-state index in [0.717, 1.165) is 4.68 Å². The van der Waals surface area contributed by atoms with Crippen LogP contribution < -0.4 is 10.5 Å². The molecule has 0 radical (unpaired) electrons. The van der Waals surface area contributed by atoms with Crippen LogP contribution in [0.5, 0.6) is 5.88 Å². The SMILES string of the molecule is Cl.NCc1cnn2c1OCC(F)(F)C2. The van der Waals surface area contributed by atoms with Crippen LogP contribution in [0.2, 0.25) is 0 Å². The number of halogens is 3. The molecular weight excluding hydrogens is 216 g/mol. The van der Waals surface area contributed by atoms with Crippen LogP contribution in [0.3, 0.4) is 0 Å². The summed E-state index contributed by atoms with van der Waals surface area (Å²) in [5.74, 6) is -2.46. The van der Waals surface area contributed by atoms with E-state index in [1.54, 1.807) is 0 Å². The van der Waals surface area contributed by atoms with Gasteiger partial charge in [0, 0.05) is 12.1 Å². The van der Waals surface area contributed by atoms with Crippen molar-refractivity contribution in [1.82, 2.24) is 9.78 Å². The number of alkyl halides is 2. The average Bonchev–Trinajstić information content (AvgIpc) is 2.44. The summed E-state index contributed by atoms with van der Waals surface area (Å²) in [5, 5.41) is 3.75. The van der Waals surface area contributed by atoms with Gasteiger partial charge in [0.05, 0.1) is 6.20 Å². The molecule has 0 aliphatic carbocycles. The highest BCUT2D eigenvalue weighted by Crippen LogP contribution is 2.28. The average molecular weight is 226 g/mol. The zero-order chi connectivity index (χ0) is 9.47. The molecule has 0 atom stereocenters. The van der Waals surface area contributed by atoms with Crippen molar-refractivity contribution in [3.05, 3.63) is 11.8 Å². The Labute approximate surface area is 85.4 Å². The van der Waals surface area contributed by atoms with E-state index in [1.165, 1.54) is 6.20 Å². The first-order valence-electron chi connectivity index (χ1n) is 3.88. The Balaban J connectivity index is 0.000000980. The molecule has 2 rings (SSSR count). The van der Waals surface area contributed by atoms with Crippen LogP contribution in [0.1, 0.15) is 5.56 Å². The Morgan fingerprint density at radius 1 is 1.64 bits per heavy atom. The van der Waals surface area contributed by atoms with Gasteiger partial charge in [-0.05, 0) is 0 Å². The highest BCUT2D eigenvalue weighted by molar-refractivity contribution is 5.85. The summed E-state index contributed by atoms with van der Waals surface area (Å²) in [5.41, 5.74) is 6.03. The van der Waals surface area contributed by atoms with Crippen molar-refractivity contribution < 1.29 is 13.5 Å². The number of nitrogens with zero attached hydrogens (tertiary/aromatic N) is 2. The lowest BCUT2D eigenvalue weighted by Crippen LogP contribution is -2.36. The summed E-state index contributed by atoms with van der Waals surface area (Å²) < 4.78 is 31.6. The van der Waals surface area contributed by atoms with E-state index in [4.69, 9.17) is 10.5 Å². The quantitative estimate of drug-likeness (QED) is 0.769. The first-order chi connectivity index (χ1) is 6.12. The molecule has 0 amide bonds. The van der Waals surface area contributed by atoms with Gasteiger partial charge in [-0.25, -0.2) is 13.5 Å². The largest absolute Gasteiger partial charge is 0.471 e. The molecule has 4 nitrogen and oxygen atoms in total. The highest BCUT2D eigenvalue weighted by Gasteiger charge is 2.37. The zero-order valence-electron chi connectivity index (χ0n) is 7.24. The number of hydrogen-bond acceptors (Lipinski definition) is 3. The summed E-state index contributed by atoms with van der Waals surface area (Å²) in [6.07, 6.45) is 1.46. The van der Waals surface area contributed by atoms with E-state index in [-0.39, 0.29) is 19.0 Å². The Morgan fingerprint density at radius 2 is 2.36 bits per heavy atom. The van der Waals surface area contributed by atoms with Crippen LogP contribution >= 0.6 is 12.4 Å². The molecule has 1 aliphatic rings. The lowest BCUT2D eigenvalue weighted by molar-refractivity contribution is -0.0798. The molecule has 7 heteroatoms. The normalized spacial score (nSPS) is 17.9. The molecular formula is C7H10ClF2N3O. The monoisotopic (exact) mass is 225 g/mol. The lowest BCUT2D eigenvalue weighted by atomic mass is 10.3. The van der Waals surface area contributed by atoms with Crippen molar-refractivity contribution in [2.24, 2.45) is 5.73 Å². The predicted octanol–water partition coefficient (Wildman–Crippen LogP) is 0.791. The molecule has 1 aromatic rings. The van der Waals surface area contributed by atoms with Gasteiger partial charge < -0.3 is 10.5 Å². The van der Waals surface area contributed by atoms with Crippen molar-refractivity contribution >= 4 is 12.4 Å². The minimum absolute atomic E-state index is 0. The predicted molar refractivity (Wildman–Crippen MR) is 47.8 cm³/mol. The maximum absolute atomic E-state index is 12.8. The topological polar surface area (TPSA) is 53.1 Å². The van der Waals surface area contributed by atoms with E-state index in [0.29, 0.717) is 11.4 Å². The maximum Gasteiger partial charge on any atom is 0.300 e. The van der Waals surface area contributed by atoms with Crippen molar-refractivity contribution in [3.63, 3.8) is 0 Å². The minimum atomic E-state index is -2.83. The van der Waals surface area contributed by atoms with Crippen molar-refractivity contribution in [1.29, 1.82) is 0 Å². The fourth-order valence-electron chi connectivity index (χ4n) is 1.27. The third-order valence-corrected chi connectivity index (χ3v) is 1.88. The molecule has 0 aromatic carbocycles. The molecule has 80 valence electrons. The van der Waals surface area contributed by atoms with Gasteiger partial charge in [0.15, 0.2) is 6.61 Å². The maximum atomic E-state index is 12.8. The van der Waals surface area contributed by atoms with Gasteiger partial charge >= 0.3 is 5.92 Å². The second-order valence-corrected chi connectivity index (χ2v) is 2.98. The van der Waals surface area contributed by atoms with Gasteiger partial charge in [0.2, 0.25) is 5.88 Å². The van der Waals surface area contributed by atoms with Gasteiger partial charge in [-0.3, -0.25) is 0 Å². The van der Waals surface area contributed by atoms with Crippen LogP contribution in [0.25, 0.3) is 0 Å². The summed E-state index contributed by atoms with van der Waals surface area (Å²) >= 11 is 0. The number of aromatic nitrogens is 2. The molecule has 0 saturated carbocycles. The van der Waals surface area contributed by atoms with Gasteiger partial charge in [-0.1, -0.05) is 0 Å². The number of ether oxygens (including phenoxy) is 1. The molecule has 0 saturated heterocycles. The van der Waals surface area contributed by atoms with E-state index >= 15 is 0 Å². The van der Waals surface area contributed by atoms with Crippen LogP contribution in [-0.4, -0.2) is 22.3 Å². The van der Waals surface area contributed by atoms with E-state index in [9.17, 15) is 8.78 Å². The molecule has 2 heterocycles. The Kier molecular flexibility index (Phi) is 2.96. The fourth-order valence-corrected chi connectivity index (χ4v) is 1.27. The smallest absolute Gasteiger partial charge is 0.300 e. The second kappa shape index (κ2) is 3.70.